The molecule has 3 heterocycles. The molecule has 124 valence electrons. The molecule has 1 aliphatic carbocycles. The van der Waals surface area contributed by atoms with Crippen LogP contribution in [-0.4, -0.2) is 24.3 Å². The lowest BCUT2D eigenvalue weighted by molar-refractivity contribution is 0.354. The first-order chi connectivity index (χ1) is 12.3. The van der Waals surface area contributed by atoms with Gasteiger partial charge in [-0.25, -0.2) is 9.48 Å². The quantitative estimate of drug-likeness (QED) is 0.571. The van der Waals surface area contributed by atoms with Gasteiger partial charge in [0.05, 0.1) is 5.41 Å². The van der Waals surface area contributed by atoms with E-state index in [0.717, 1.165) is 12.8 Å². The van der Waals surface area contributed by atoms with Crippen LogP contribution in [0.25, 0.3) is 5.65 Å². The summed E-state index contributed by atoms with van der Waals surface area (Å²) < 4.78 is 8.37. The number of hydrogen-bond acceptors (Lipinski definition) is 5. The van der Waals surface area contributed by atoms with E-state index in [2.05, 4.69) is 27.4 Å². The molecule has 3 aromatic heterocycles. The van der Waals surface area contributed by atoms with Gasteiger partial charge in [0.25, 0.3) is 0 Å². The first kappa shape index (κ1) is 14.2. The average molecular weight is 333 g/mol. The lowest BCUT2D eigenvalue weighted by Gasteiger charge is -2.09. The molecule has 1 aromatic carbocycles. The van der Waals surface area contributed by atoms with Gasteiger partial charge >= 0.3 is 5.69 Å². The minimum Gasteiger partial charge on any atom is -0.338 e. The standard InChI is InChI=1S/C18H15N5O2/c24-17-22-11-5-4-8-15(22)20-23(17)12-14-19-16(25-21-14)18(9-10-18)13-6-2-1-3-7-13/h1-8,11H,9-10,12H2. The van der Waals surface area contributed by atoms with Crippen molar-refractivity contribution in [3.8, 4) is 0 Å². The first-order valence-electron chi connectivity index (χ1n) is 8.19. The predicted octanol–water partition coefficient (Wildman–Crippen LogP) is 2.01. The largest absolute Gasteiger partial charge is 0.350 e. The molecule has 4 aromatic rings. The number of aromatic nitrogens is 5. The maximum Gasteiger partial charge on any atom is 0.350 e. The highest BCUT2D eigenvalue weighted by Gasteiger charge is 2.50. The van der Waals surface area contributed by atoms with Gasteiger partial charge in [-0.3, -0.25) is 4.40 Å². The van der Waals surface area contributed by atoms with E-state index >= 15 is 0 Å². The second-order valence-corrected chi connectivity index (χ2v) is 6.33. The summed E-state index contributed by atoms with van der Waals surface area (Å²) in [5, 5.41) is 8.36. The van der Waals surface area contributed by atoms with Crippen LogP contribution in [0, 0.1) is 0 Å². The monoisotopic (exact) mass is 333 g/mol. The molecule has 5 rings (SSSR count). The van der Waals surface area contributed by atoms with Crippen molar-refractivity contribution < 1.29 is 4.52 Å². The van der Waals surface area contributed by atoms with E-state index in [1.54, 1.807) is 18.3 Å². The molecule has 0 spiro atoms. The maximum atomic E-state index is 12.3. The molecule has 7 heteroatoms. The Kier molecular flexibility index (Phi) is 2.91. The number of rotatable bonds is 4. The Balaban J connectivity index is 1.47. The molecule has 0 N–H and O–H groups in total. The fourth-order valence-electron chi connectivity index (χ4n) is 3.23. The van der Waals surface area contributed by atoms with Crippen molar-refractivity contribution in [3.63, 3.8) is 0 Å². The summed E-state index contributed by atoms with van der Waals surface area (Å²) in [6.45, 7) is 0.189. The van der Waals surface area contributed by atoms with Gasteiger partial charge in [-0.15, -0.1) is 5.10 Å². The number of benzene rings is 1. The van der Waals surface area contributed by atoms with Crippen LogP contribution in [-0.2, 0) is 12.0 Å². The molecule has 0 radical (unpaired) electrons. The summed E-state index contributed by atoms with van der Waals surface area (Å²) in [5.74, 6) is 1.08. The van der Waals surface area contributed by atoms with E-state index in [1.807, 2.05) is 24.3 Å². The van der Waals surface area contributed by atoms with Crippen LogP contribution in [0.4, 0.5) is 0 Å². The van der Waals surface area contributed by atoms with Gasteiger partial charge in [-0.05, 0) is 30.5 Å². The fourth-order valence-corrected chi connectivity index (χ4v) is 3.23. The van der Waals surface area contributed by atoms with Crippen LogP contribution < -0.4 is 5.69 Å². The van der Waals surface area contributed by atoms with Gasteiger partial charge in [-0.1, -0.05) is 41.6 Å². The molecule has 0 saturated heterocycles. The Hall–Kier alpha value is -3.22. The van der Waals surface area contributed by atoms with E-state index in [-0.39, 0.29) is 17.6 Å². The van der Waals surface area contributed by atoms with Crippen molar-refractivity contribution in [3.05, 3.63) is 82.5 Å². The molecule has 0 atom stereocenters. The third-order valence-electron chi connectivity index (χ3n) is 4.73. The fraction of sp³-hybridized carbons (Fsp3) is 0.222. The minimum absolute atomic E-state index is 0.170. The van der Waals surface area contributed by atoms with E-state index in [4.69, 9.17) is 4.52 Å². The molecular formula is C18H15N5O2. The highest BCUT2D eigenvalue weighted by Crippen LogP contribution is 2.52. The van der Waals surface area contributed by atoms with Crippen molar-refractivity contribution in [2.75, 3.05) is 0 Å². The zero-order valence-electron chi connectivity index (χ0n) is 13.4. The van der Waals surface area contributed by atoms with Crippen molar-refractivity contribution >= 4 is 5.65 Å². The smallest absolute Gasteiger partial charge is 0.338 e. The van der Waals surface area contributed by atoms with E-state index in [1.165, 1.54) is 14.6 Å². The zero-order valence-corrected chi connectivity index (χ0v) is 13.4. The van der Waals surface area contributed by atoms with Gasteiger partial charge in [0.2, 0.25) is 5.89 Å². The van der Waals surface area contributed by atoms with E-state index in [9.17, 15) is 4.79 Å². The third-order valence-corrected chi connectivity index (χ3v) is 4.73. The Morgan fingerprint density at radius 3 is 2.64 bits per heavy atom. The molecule has 1 aliphatic rings. The van der Waals surface area contributed by atoms with Gasteiger partial charge in [0, 0.05) is 6.20 Å². The molecular weight excluding hydrogens is 318 g/mol. The zero-order chi connectivity index (χ0) is 16.9. The molecule has 0 bridgehead atoms. The number of nitrogens with zero attached hydrogens (tertiary/aromatic N) is 5. The topological polar surface area (TPSA) is 78.2 Å². The summed E-state index contributed by atoms with van der Waals surface area (Å²) in [5.41, 5.74) is 1.40. The summed E-state index contributed by atoms with van der Waals surface area (Å²) in [6.07, 6.45) is 3.68. The Labute approximate surface area is 142 Å². The van der Waals surface area contributed by atoms with Crippen molar-refractivity contribution in [1.29, 1.82) is 0 Å². The van der Waals surface area contributed by atoms with Crippen molar-refractivity contribution in [2.24, 2.45) is 0 Å². The van der Waals surface area contributed by atoms with E-state index in [0.29, 0.717) is 17.4 Å². The third kappa shape index (κ3) is 2.20. The van der Waals surface area contributed by atoms with Crippen LogP contribution in [0.5, 0.6) is 0 Å². The second kappa shape index (κ2) is 5.14. The van der Waals surface area contributed by atoms with Crippen LogP contribution in [0.1, 0.15) is 30.1 Å². The maximum absolute atomic E-state index is 12.3. The number of pyridine rings is 1. The SMILES string of the molecule is O=c1n(Cc2noc(C3(c4ccccc4)CC3)n2)nc2ccccn12. The molecule has 25 heavy (non-hydrogen) atoms. The lowest BCUT2D eigenvalue weighted by Crippen LogP contribution is -2.22. The number of hydrogen-bond donors (Lipinski definition) is 0. The van der Waals surface area contributed by atoms with Gasteiger partial charge in [0.1, 0.15) is 6.54 Å². The summed E-state index contributed by atoms with van der Waals surface area (Å²) in [6, 6.07) is 15.6. The Bertz CT molecular complexity index is 1110. The molecule has 0 amide bonds. The van der Waals surface area contributed by atoms with Crippen molar-refractivity contribution in [1.82, 2.24) is 24.3 Å². The summed E-state index contributed by atoms with van der Waals surface area (Å²) in [4.78, 5) is 16.9. The van der Waals surface area contributed by atoms with Gasteiger partial charge < -0.3 is 4.52 Å². The van der Waals surface area contributed by atoms with Gasteiger partial charge in [-0.2, -0.15) is 4.98 Å². The molecule has 1 saturated carbocycles. The highest BCUT2D eigenvalue weighted by atomic mass is 16.5. The molecule has 1 fully saturated rings. The number of fused-ring (bicyclic) bond motifs is 1. The van der Waals surface area contributed by atoms with Crippen LogP contribution in [0.2, 0.25) is 0 Å². The molecule has 0 aliphatic heterocycles. The predicted molar refractivity (Wildman–Crippen MR) is 89.3 cm³/mol. The molecule has 7 nitrogen and oxygen atoms in total. The summed E-state index contributed by atoms with van der Waals surface area (Å²) >= 11 is 0. The Morgan fingerprint density at radius 2 is 1.88 bits per heavy atom. The lowest BCUT2D eigenvalue weighted by atomic mass is 9.96. The first-order valence-corrected chi connectivity index (χ1v) is 8.19. The molecule has 0 unspecified atom stereocenters. The summed E-state index contributed by atoms with van der Waals surface area (Å²) in [7, 11) is 0. The van der Waals surface area contributed by atoms with Crippen LogP contribution in [0.3, 0.4) is 0 Å². The van der Waals surface area contributed by atoms with E-state index < -0.39 is 0 Å². The minimum atomic E-state index is -0.217. The second-order valence-electron chi connectivity index (χ2n) is 6.33. The van der Waals surface area contributed by atoms with Crippen LogP contribution in [0.15, 0.2) is 64.0 Å². The van der Waals surface area contributed by atoms with Gasteiger partial charge in [0.15, 0.2) is 11.5 Å². The normalized spacial score (nSPS) is 15.5. The average Bonchev–Trinajstić information content (AvgIpc) is 3.24. The highest BCUT2D eigenvalue weighted by molar-refractivity contribution is 5.38. The Morgan fingerprint density at radius 1 is 1.08 bits per heavy atom. The van der Waals surface area contributed by atoms with Crippen molar-refractivity contribution in [2.45, 2.75) is 24.8 Å². The van der Waals surface area contributed by atoms with Crippen LogP contribution >= 0.6 is 0 Å².